The summed E-state index contributed by atoms with van der Waals surface area (Å²) >= 11 is 0. The molecule has 1 heterocycles. The molecule has 19 heavy (non-hydrogen) atoms. The Morgan fingerprint density at radius 2 is 2.11 bits per heavy atom. The Hall–Kier alpha value is -1.96. The fraction of sp³-hybridized carbons (Fsp3) is 0.364. The molecule has 0 saturated carbocycles. The van der Waals surface area contributed by atoms with Gasteiger partial charge in [-0.1, -0.05) is 0 Å². The van der Waals surface area contributed by atoms with Crippen LogP contribution >= 0.6 is 0 Å². The van der Waals surface area contributed by atoms with Gasteiger partial charge in [0, 0.05) is 0 Å². The summed E-state index contributed by atoms with van der Waals surface area (Å²) in [5.41, 5.74) is -1.87. The number of fused-ring (bicyclic) bond motifs is 1. The second-order valence-electron chi connectivity index (χ2n) is 3.68. The number of esters is 1. The molecule has 0 amide bonds. The van der Waals surface area contributed by atoms with Crippen molar-refractivity contribution in [1.29, 1.82) is 0 Å². The van der Waals surface area contributed by atoms with Gasteiger partial charge in [-0.2, -0.15) is 13.2 Å². The van der Waals surface area contributed by atoms with Crippen molar-refractivity contribution in [3.05, 3.63) is 23.3 Å². The highest BCUT2D eigenvalue weighted by Crippen LogP contribution is 2.46. The molecule has 8 heteroatoms. The lowest BCUT2D eigenvalue weighted by atomic mass is 10.00. The number of aliphatic hydroxyl groups is 1. The summed E-state index contributed by atoms with van der Waals surface area (Å²) in [4.78, 5) is 11.3. The highest BCUT2D eigenvalue weighted by molar-refractivity contribution is 5.78. The molecule has 1 N–H and O–H groups in total. The lowest BCUT2D eigenvalue weighted by molar-refractivity contribution is -0.152. The van der Waals surface area contributed by atoms with Gasteiger partial charge < -0.3 is 19.3 Å². The molecule has 2 rings (SSSR count). The van der Waals surface area contributed by atoms with Gasteiger partial charge >= 0.3 is 12.1 Å². The van der Waals surface area contributed by atoms with E-state index in [1.807, 2.05) is 0 Å². The van der Waals surface area contributed by atoms with Crippen molar-refractivity contribution in [2.24, 2.45) is 0 Å². The highest BCUT2D eigenvalue weighted by Gasteiger charge is 2.41. The van der Waals surface area contributed by atoms with Gasteiger partial charge in [-0.15, -0.1) is 0 Å². The number of halogens is 3. The van der Waals surface area contributed by atoms with Crippen molar-refractivity contribution in [3.63, 3.8) is 0 Å². The number of methoxy groups -OCH3 is 1. The van der Waals surface area contributed by atoms with E-state index in [0.717, 1.165) is 19.2 Å². The van der Waals surface area contributed by atoms with Gasteiger partial charge in [-0.3, -0.25) is 0 Å². The molecule has 0 fully saturated rings. The number of carbonyl (C=O) groups is 1. The second-order valence-corrected chi connectivity index (χ2v) is 3.68. The van der Waals surface area contributed by atoms with Gasteiger partial charge in [-0.25, -0.2) is 4.79 Å². The normalized spacial score (nSPS) is 15.2. The minimum absolute atomic E-state index is 0.0333. The van der Waals surface area contributed by atoms with Crippen molar-refractivity contribution in [3.8, 4) is 11.5 Å². The van der Waals surface area contributed by atoms with E-state index >= 15 is 0 Å². The van der Waals surface area contributed by atoms with Gasteiger partial charge in [0.25, 0.3) is 0 Å². The van der Waals surface area contributed by atoms with E-state index < -0.39 is 29.4 Å². The summed E-state index contributed by atoms with van der Waals surface area (Å²) in [5.74, 6) is -1.48. The Bertz CT molecular complexity index is 512. The number of hydrogen-bond acceptors (Lipinski definition) is 5. The lowest BCUT2D eigenvalue weighted by Crippen LogP contribution is -2.19. The molecular weight excluding hydrogens is 269 g/mol. The third kappa shape index (κ3) is 2.30. The van der Waals surface area contributed by atoms with E-state index in [2.05, 4.69) is 4.74 Å². The standard InChI is InChI=1S/C11H9F3O5/c1-17-10(16)8(15)7-5(11(12,13)14)2-3-6-9(7)19-4-18-6/h2-3,8,15H,4H2,1H3. The maximum Gasteiger partial charge on any atom is 0.416 e. The van der Waals surface area contributed by atoms with Crippen molar-refractivity contribution >= 4 is 5.97 Å². The number of aliphatic hydroxyl groups excluding tert-OH is 1. The van der Waals surface area contributed by atoms with E-state index in [4.69, 9.17) is 9.47 Å². The van der Waals surface area contributed by atoms with Crippen LogP contribution in [0.2, 0.25) is 0 Å². The molecule has 0 spiro atoms. The predicted molar refractivity (Wildman–Crippen MR) is 54.5 cm³/mol. The molecular formula is C11H9F3O5. The Labute approximate surface area is 105 Å². The van der Waals surface area contributed by atoms with Gasteiger partial charge in [0.2, 0.25) is 6.79 Å². The number of ether oxygens (including phenoxy) is 3. The lowest BCUT2D eigenvalue weighted by Gasteiger charge is -2.17. The molecule has 0 aromatic heterocycles. The molecule has 1 atom stereocenters. The average molecular weight is 278 g/mol. The molecule has 0 bridgehead atoms. The molecule has 0 aliphatic carbocycles. The maximum absolute atomic E-state index is 12.9. The number of benzene rings is 1. The van der Waals surface area contributed by atoms with Crippen LogP contribution < -0.4 is 9.47 Å². The van der Waals surface area contributed by atoms with Crippen LogP contribution in [0.1, 0.15) is 17.2 Å². The van der Waals surface area contributed by atoms with E-state index in [0.29, 0.717) is 0 Å². The molecule has 1 aliphatic rings. The van der Waals surface area contributed by atoms with Gasteiger partial charge in [0.15, 0.2) is 17.6 Å². The van der Waals surface area contributed by atoms with Crippen LogP contribution in [0.4, 0.5) is 13.2 Å². The van der Waals surface area contributed by atoms with Crippen LogP contribution in [-0.4, -0.2) is 25.0 Å². The number of alkyl halides is 3. The van der Waals surface area contributed by atoms with Crippen molar-refractivity contribution in [1.82, 2.24) is 0 Å². The fourth-order valence-corrected chi connectivity index (χ4v) is 1.74. The Balaban J connectivity index is 2.61. The van der Waals surface area contributed by atoms with Gasteiger partial charge in [0.1, 0.15) is 0 Å². The first-order chi connectivity index (χ1) is 8.86. The van der Waals surface area contributed by atoms with E-state index in [1.165, 1.54) is 0 Å². The van der Waals surface area contributed by atoms with Gasteiger partial charge in [0.05, 0.1) is 18.2 Å². The summed E-state index contributed by atoms with van der Waals surface area (Å²) in [5, 5.41) is 9.69. The molecule has 1 aromatic rings. The number of hydrogen-bond donors (Lipinski definition) is 1. The molecule has 104 valence electrons. The first kappa shape index (κ1) is 13.5. The summed E-state index contributed by atoms with van der Waals surface area (Å²) in [6, 6.07) is 1.79. The Morgan fingerprint density at radius 1 is 1.42 bits per heavy atom. The molecule has 0 radical (unpaired) electrons. The topological polar surface area (TPSA) is 65.0 Å². The van der Waals surface area contributed by atoms with Crippen LogP contribution in [0.25, 0.3) is 0 Å². The van der Waals surface area contributed by atoms with Gasteiger partial charge in [-0.05, 0) is 12.1 Å². The van der Waals surface area contributed by atoms with E-state index in [-0.39, 0.29) is 18.3 Å². The minimum Gasteiger partial charge on any atom is -0.467 e. The second kappa shape index (κ2) is 4.61. The van der Waals surface area contributed by atoms with E-state index in [9.17, 15) is 23.1 Å². The zero-order chi connectivity index (χ0) is 14.2. The molecule has 1 unspecified atom stereocenters. The Morgan fingerprint density at radius 3 is 2.68 bits per heavy atom. The number of rotatable bonds is 2. The monoisotopic (exact) mass is 278 g/mol. The van der Waals surface area contributed by atoms with Crippen molar-refractivity contribution < 1.29 is 37.3 Å². The molecule has 1 aliphatic heterocycles. The van der Waals surface area contributed by atoms with Crippen LogP contribution in [-0.2, 0) is 15.7 Å². The summed E-state index contributed by atoms with van der Waals surface area (Å²) < 4.78 is 52.7. The fourth-order valence-electron chi connectivity index (χ4n) is 1.74. The average Bonchev–Trinajstić information content (AvgIpc) is 2.82. The third-order valence-electron chi connectivity index (χ3n) is 2.58. The smallest absolute Gasteiger partial charge is 0.416 e. The quantitative estimate of drug-likeness (QED) is 0.833. The number of carbonyl (C=O) groups excluding carboxylic acids is 1. The largest absolute Gasteiger partial charge is 0.467 e. The zero-order valence-corrected chi connectivity index (χ0v) is 9.65. The molecule has 1 aromatic carbocycles. The first-order valence-electron chi connectivity index (χ1n) is 5.12. The zero-order valence-electron chi connectivity index (χ0n) is 9.65. The molecule has 5 nitrogen and oxygen atoms in total. The minimum atomic E-state index is -4.74. The Kier molecular flexibility index (Phi) is 3.27. The van der Waals surface area contributed by atoms with Crippen molar-refractivity contribution in [2.45, 2.75) is 12.3 Å². The first-order valence-corrected chi connectivity index (χ1v) is 5.12. The van der Waals surface area contributed by atoms with E-state index in [1.54, 1.807) is 0 Å². The highest BCUT2D eigenvalue weighted by atomic mass is 19.4. The van der Waals surface area contributed by atoms with Crippen molar-refractivity contribution in [2.75, 3.05) is 13.9 Å². The molecule has 0 saturated heterocycles. The summed E-state index contributed by atoms with van der Waals surface area (Å²) in [6.07, 6.45) is -6.84. The predicted octanol–water partition coefficient (Wildman–Crippen LogP) is 1.64. The third-order valence-corrected chi connectivity index (χ3v) is 2.58. The van der Waals surface area contributed by atoms with Crippen LogP contribution in [0, 0.1) is 0 Å². The summed E-state index contributed by atoms with van der Waals surface area (Å²) in [6.45, 7) is -0.280. The summed E-state index contributed by atoms with van der Waals surface area (Å²) in [7, 11) is 0.958. The van der Waals surface area contributed by atoms with Crippen LogP contribution in [0.3, 0.4) is 0 Å². The maximum atomic E-state index is 12.9. The SMILES string of the molecule is COC(=O)C(O)c1c(C(F)(F)F)ccc2c1OCO2. The van der Waals surface area contributed by atoms with Crippen LogP contribution in [0.5, 0.6) is 11.5 Å². The van der Waals surface area contributed by atoms with Crippen LogP contribution in [0.15, 0.2) is 12.1 Å².